The van der Waals surface area contributed by atoms with E-state index in [1.165, 1.54) is 19.3 Å². The second-order valence-electron chi connectivity index (χ2n) is 2.15. The number of anilines is 1. The number of sulfone groups is 1. The van der Waals surface area contributed by atoms with Gasteiger partial charge in [0.2, 0.25) is 0 Å². The Morgan fingerprint density at radius 1 is 1.42 bits per heavy atom. The van der Waals surface area contributed by atoms with Gasteiger partial charge in [-0.3, -0.25) is 0 Å². The van der Waals surface area contributed by atoms with Crippen LogP contribution in [-0.4, -0.2) is 24.1 Å². The molecule has 0 bridgehead atoms. The molecule has 0 radical (unpaired) electrons. The zero-order chi connectivity index (χ0) is 9.19. The van der Waals surface area contributed by atoms with Gasteiger partial charge in [-0.15, -0.1) is 0 Å². The van der Waals surface area contributed by atoms with Gasteiger partial charge < -0.3 is 5.73 Å². The third-order valence-corrected chi connectivity index (χ3v) is 3.03. The third-order valence-electron chi connectivity index (χ3n) is 1.37. The van der Waals surface area contributed by atoms with Crippen LogP contribution in [0.1, 0.15) is 6.92 Å². The van der Waals surface area contributed by atoms with Crippen molar-refractivity contribution in [2.24, 2.45) is 0 Å². The van der Waals surface area contributed by atoms with Crippen LogP contribution in [0.4, 0.5) is 5.82 Å². The maximum Gasteiger partial charge on any atom is 0.199 e. The molecule has 0 amide bonds. The minimum Gasteiger partial charge on any atom is -0.381 e. The van der Waals surface area contributed by atoms with Gasteiger partial charge in [0.1, 0.15) is 0 Å². The van der Waals surface area contributed by atoms with Crippen LogP contribution < -0.4 is 5.73 Å². The van der Waals surface area contributed by atoms with Crippen molar-refractivity contribution >= 4 is 15.7 Å². The van der Waals surface area contributed by atoms with E-state index in [2.05, 4.69) is 9.97 Å². The van der Waals surface area contributed by atoms with Crippen molar-refractivity contribution in [3.05, 3.63) is 12.4 Å². The molecule has 2 N–H and O–H groups in total. The normalized spacial score (nSPS) is 11.4. The summed E-state index contributed by atoms with van der Waals surface area (Å²) in [6, 6.07) is 0. The summed E-state index contributed by atoms with van der Waals surface area (Å²) in [5.41, 5.74) is 5.33. The van der Waals surface area contributed by atoms with Crippen molar-refractivity contribution in [3.8, 4) is 0 Å². The van der Waals surface area contributed by atoms with Crippen LogP contribution in [0.25, 0.3) is 0 Å². The Morgan fingerprint density at radius 3 is 2.50 bits per heavy atom. The number of hydrogen-bond donors (Lipinski definition) is 1. The third kappa shape index (κ3) is 1.53. The molecule has 5 nitrogen and oxygen atoms in total. The number of aromatic nitrogens is 2. The van der Waals surface area contributed by atoms with Crippen LogP contribution >= 0.6 is 0 Å². The lowest BCUT2D eigenvalue weighted by atomic mass is 10.7. The summed E-state index contributed by atoms with van der Waals surface area (Å²) in [7, 11) is -3.33. The molecule has 0 aliphatic rings. The molecule has 0 spiro atoms. The topological polar surface area (TPSA) is 85.9 Å². The summed E-state index contributed by atoms with van der Waals surface area (Å²) in [6.07, 6.45) is 2.66. The highest BCUT2D eigenvalue weighted by Crippen LogP contribution is 2.12. The Kier molecular flexibility index (Phi) is 2.27. The van der Waals surface area contributed by atoms with Crippen molar-refractivity contribution < 1.29 is 8.42 Å². The first-order valence-corrected chi connectivity index (χ1v) is 5.02. The van der Waals surface area contributed by atoms with Gasteiger partial charge in [0.25, 0.3) is 0 Å². The van der Waals surface area contributed by atoms with E-state index >= 15 is 0 Å². The maximum atomic E-state index is 11.2. The van der Waals surface area contributed by atoms with Gasteiger partial charge in [0, 0.05) is 12.4 Å². The van der Waals surface area contributed by atoms with Crippen LogP contribution in [0.5, 0.6) is 0 Å². The molecule has 6 heteroatoms. The van der Waals surface area contributed by atoms with E-state index in [9.17, 15) is 8.42 Å². The molecule has 0 aromatic carbocycles. The first-order valence-electron chi connectivity index (χ1n) is 3.37. The van der Waals surface area contributed by atoms with Crippen molar-refractivity contribution in [2.45, 2.75) is 11.9 Å². The molecule has 12 heavy (non-hydrogen) atoms. The van der Waals surface area contributed by atoms with Crippen LogP contribution in [0.15, 0.2) is 17.4 Å². The predicted octanol–water partition coefficient (Wildman–Crippen LogP) is -0.148. The lowest BCUT2D eigenvalue weighted by Crippen LogP contribution is -2.10. The van der Waals surface area contributed by atoms with Crippen LogP contribution in [-0.2, 0) is 9.84 Å². The smallest absolute Gasteiger partial charge is 0.199 e. The minimum absolute atomic E-state index is 0.0180. The van der Waals surface area contributed by atoms with Gasteiger partial charge in [-0.25, -0.2) is 18.4 Å². The molecular formula is C6H9N3O2S. The number of rotatable bonds is 2. The zero-order valence-corrected chi connectivity index (χ0v) is 7.37. The van der Waals surface area contributed by atoms with Gasteiger partial charge in [0.15, 0.2) is 20.7 Å². The molecule has 0 fully saturated rings. The monoisotopic (exact) mass is 187 g/mol. The van der Waals surface area contributed by atoms with Crippen molar-refractivity contribution in [1.29, 1.82) is 0 Å². The number of nitrogens with zero attached hydrogens (tertiary/aromatic N) is 2. The highest BCUT2D eigenvalue weighted by atomic mass is 32.2. The van der Waals surface area contributed by atoms with Gasteiger partial charge in [-0.1, -0.05) is 6.92 Å². The lowest BCUT2D eigenvalue weighted by molar-refractivity contribution is 0.593. The summed E-state index contributed by atoms with van der Waals surface area (Å²) >= 11 is 0. The van der Waals surface area contributed by atoms with E-state index in [4.69, 9.17) is 5.73 Å². The van der Waals surface area contributed by atoms with E-state index in [1.54, 1.807) is 0 Å². The van der Waals surface area contributed by atoms with Crippen molar-refractivity contribution in [2.75, 3.05) is 11.5 Å². The van der Waals surface area contributed by atoms with E-state index < -0.39 is 9.84 Å². The Morgan fingerprint density at radius 2 is 2.00 bits per heavy atom. The largest absolute Gasteiger partial charge is 0.381 e. The molecular weight excluding hydrogens is 178 g/mol. The maximum absolute atomic E-state index is 11.2. The number of nitrogens with two attached hydrogens (primary N) is 1. The van der Waals surface area contributed by atoms with E-state index in [0.717, 1.165) is 0 Å². The average molecular weight is 187 g/mol. The fraction of sp³-hybridized carbons (Fsp3) is 0.333. The summed E-state index contributed by atoms with van der Waals surface area (Å²) in [6.45, 7) is 1.53. The number of hydrogen-bond acceptors (Lipinski definition) is 5. The van der Waals surface area contributed by atoms with Gasteiger partial charge in [-0.2, -0.15) is 0 Å². The van der Waals surface area contributed by atoms with Crippen LogP contribution in [0.3, 0.4) is 0 Å². The highest BCUT2D eigenvalue weighted by Gasteiger charge is 2.16. The highest BCUT2D eigenvalue weighted by molar-refractivity contribution is 7.91. The number of nitrogen functional groups attached to an aromatic ring is 1. The Labute approximate surface area is 70.6 Å². The molecule has 0 aliphatic carbocycles. The first kappa shape index (κ1) is 8.92. The fourth-order valence-electron chi connectivity index (χ4n) is 0.712. The Bertz CT molecular complexity index is 374. The molecule has 1 aromatic heterocycles. The molecule has 0 saturated heterocycles. The van der Waals surface area contributed by atoms with E-state index in [1.807, 2.05) is 0 Å². The lowest BCUT2D eigenvalue weighted by Gasteiger charge is -2.00. The van der Waals surface area contributed by atoms with Crippen LogP contribution in [0, 0.1) is 0 Å². The molecule has 0 atom stereocenters. The van der Waals surface area contributed by atoms with Crippen molar-refractivity contribution in [1.82, 2.24) is 9.97 Å². The standard InChI is InChI=1S/C6H9N3O2S/c1-2-12(10,11)6-5(7)8-3-4-9-6/h3-4H,2H2,1H3,(H2,7,8). The fourth-order valence-corrected chi connectivity index (χ4v) is 1.58. The Hall–Kier alpha value is -1.17. The molecule has 66 valence electrons. The van der Waals surface area contributed by atoms with E-state index in [-0.39, 0.29) is 16.6 Å². The molecule has 0 saturated carbocycles. The van der Waals surface area contributed by atoms with Crippen LogP contribution in [0.2, 0.25) is 0 Å². The molecule has 0 aliphatic heterocycles. The zero-order valence-electron chi connectivity index (χ0n) is 6.56. The van der Waals surface area contributed by atoms with Gasteiger partial charge in [0.05, 0.1) is 5.75 Å². The Balaban J connectivity index is 3.30. The summed E-state index contributed by atoms with van der Waals surface area (Å²) < 4.78 is 22.5. The molecule has 1 aromatic rings. The average Bonchev–Trinajstić information content (AvgIpc) is 2.05. The van der Waals surface area contributed by atoms with E-state index in [0.29, 0.717) is 0 Å². The molecule has 1 heterocycles. The summed E-state index contributed by atoms with van der Waals surface area (Å²) in [5.74, 6) is -0.0602. The SMILES string of the molecule is CCS(=O)(=O)c1nccnc1N. The minimum atomic E-state index is -3.33. The summed E-state index contributed by atoms with van der Waals surface area (Å²) in [5, 5.41) is -0.132. The first-order chi connectivity index (χ1) is 5.58. The quantitative estimate of drug-likeness (QED) is 0.696. The predicted molar refractivity (Wildman–Crippen MR) is 44.2 cm³/mol. The second kappa shape index (κ2) is 3.06. The van der Waals surface area contributed by atoms with Crippen molar-refractivity contribution in [3.63, 3.8) is 0 Å². The molecule has 0 unspecified atom stereocenters. The van der Waals surface area contributed by atoms with Gasteiger partial charge >= 0.3 is 0 Å². The second-order valence-corrected chi connectivity index (χ2v) is 4.34. The summed E-state index contributed by atoms with van der Waals surface area (Å²) in [4.78, 5) is 7.27. The molecule has 1 rings (SSSR count). The van der Waals surface area contributed by atoms with Gasteiger partial charge in [-0.05, 0) is 0 Å².